The summed E-state index contributed by atoms with van der Waals surface area (Å²) in [6, 6.07) is 9.37. The Labute approximate surface area is 148 Å². The van der Waals surface area contributed by atoms with Crippen LogP contribution in [0.15, 0.2) is 36.5 Å². The number of benzene rings is 1. The van der Waals surface area contributed by atoms with Crippen LogP contribution in [0.5, 0.6) is 0 Å². The van der Waals surface area contributed by atoms with E-state index in [-0.39, 0.29) is 11.8 Å². The van der Waals surface area contributed by atoms with Crippen molar-refractivity contribution < 1.29 is 9.59 Å². The normalized spacial score (nSPS) is 16.4. The van der Waals surface area contributed by atoms with Crippen molar-refractivity contribution in [2.24, 2.45) is 7.05 Å². The maximum absolute atomic E-state index is 12.9. The predicted octanol–water partition coefficient (Wildman–Crippen LogP) is 1.57. The van der Waals surface area contributed by atoms with E-state index in [0.29, 0.717) is 19.4 Å². The van der Waals surface area contributed by atoms with Crippen molar-refractivity contribution in [3.05, 3.63) is 53.3 Å². The molecule has 0 spiro atoms. The number of hydrogen-bond donors (Lipinski definition) is 0. The first kappa shape index (κ1) is 17.2. The third-order valence-corrected chi connectivity index (χ3v) is 4.76. The number of aryl methyl sites for hydroxylation is 2. The van der Waals surface area contributed by atoms with Crippen LogP contribution in [0.1, 0.15) is 29.3 Å². The quantitative estimate of drug-likeness (QED) is 0.849. The molecule has 132 valence electrons. The minimum Gasteiger partial charge on any atom is -0.347 e. The van der Waals surface area contributed by atoms with E-state index in [1.807, 2.05) is 37.4 Å². The number of aromatic nitrogens is 2. The summed E-state index contributed by atoms with van der Waals surface area (Å²) < 4.78 is 1.80. The molecule has 1 aliphatic rings. The van der Waals surface area contributed by atoms with Gasteiger partial charge < -0.3 is 9.80 Å². The Hall–Kier alpha value is -2.63. The van der Waals surface area contributed by atoms with Crippen LogP contribution < -0.4 is 0 Å². The van der Waals surface area contributed by atoms with Crippen molar-refractivity contribution in [1.29, 1.82) is 0 Å². The van der Waals surface area contributed by atoms with Gasteiger partial charge >= 0.3 is 0 Å². The summed E-state index contributed by atoms with van der Waals surface area (Å²) in [5.41, 5.74) is 3.01. The number of fused-ring (bicyclic) bond motifs is 1. The lowest BCUT2D eigenvalue weighted by Crippen LogP contribution is -2.47. The molecule has 0 saturated heterocycles. The molecule has 1 atom stereocenters. The molecule has 3 rings (SSSR count). The SMILES string of the molecule is CN(C)C(=O)C1c2cnn(C)c2CCN1C(=O)CCc1ccccc1. The fraction of sp³-hybridized carbons (Fsp3) is 0.421. The number of rotatable bonds is 4. The van der Waals surface area contributed by atoms with Crippen molar-refractivity contribution in [3.63, 3.8) is 0 Å². The van der Waals surface area contributed by atoms with Crippen LogP contribution in [-0.4, -0.2) is 52.0 Å². The van der Waals surface area contributed by atoms with Gasteiger partial charge in [-0.2, -0.15) is 5.10 Å². The van der Waals surface area contributed by atoms with Gasteiger partial charge in [0, 0.05) is 51.8 Å². The summed E-state index contributed by atoms with van der Waals surface area (Å²) in [5, 5.41) is 4.29. The average Bonchev–Trinajstić information content (AvgIpc) is 3.00. The topological polar surface area (TPSA) is 58.4 Å². The number of likely N-dealkylation sites (N-methyl/N-ethyl adjacent to an activating group) is 1. The Bertz CT molecular complexity index is 767. The van der Waals surface area contributed by atoms with Gasteiger partial charge in [0.05, 0.1) is 6.20 Å². The van der Waals surface area contributed by atoms with Crippen molar-refractivity contribution in [3.8, 4) is 0 Å². The van der Waals surface area contributed by atoms with Gasteiger partial charge in [-0.25, -0.2) is 0 Å². The molecule has 1 aromatic heterocycles. The first-order valence-corrected chi connectivity index (χ1v) is 8.54. The van der Waals surface area contributed by atoms with Crippen molar-refractivity contribution in [2.45, 2.75) is 25.3 Å². The zero-order valence-electron chi connectivity index (χ0n) is 15.0. The summed E-state index contributed by atoms with van der Waals surface area (Å²) in [4.78, 5) is 28.9. The molecule has 0 N–H and O–H groups in total. The highest BCUT2D eigenvalue weighted by Crippen LogP contribution is 2.31. The van der Waals surface area contributed by atoms with Gasteiger partial charge in [0.2, 0.25) is 11.8 Å². The Balaban J connectivity index is 1.81. The van der Waals surface area contributed by atoms with E-state index in [2.05, 4.69) is 5.10 Å². The molecule has 0 bridgehead atoms. The monoisotopic (exact) mass is 340 g/mol. The van der Waals surface area contributed by atoms with Crippen LogP contribution in [0.2, 0.25) is 0 Å². The Morgan fingerprint density at radius 3 is 2.64 bits per heavy atom. The highest BCUT2D eigenvalue weighted by atomic mass is 16.2. The van der Waals surface area contributed by atoms with Gasteiger partial charge in [-0.05, 0) is 12.0 Å². The van der Waals surface area contributed by atoms with Gasteiger partial charge in [0.1, 0.15) is 6.04 Å². The molecule has 2 amide bonds. The number of nitrogens with zero attached hydrogens (tertiary/aromatic N) is 4. The lowest BCUT2D eigenvalue weighted by atomic mass is 9.97. The second-order valence-corrected chi connectivity index (χ2v) is 6.63. The number of amides is 2. The third-order valence-electron chi connectivity index (χ3n) is 4.76. The molecule has 2 aromatic rings. The van der Waals surface area contributed by atoms with E-state index in [1.165, 1.54) is 0 Å². The molecule has 6 nitrogen and oxygen atoms in total. The highest BCUT2D eigenvalue weighted by molar-refractivity contribution is 5.89. The van der Waals surface area contributed by atoms with Crippen molar-refractivity contribution in [1.82, 2.24) is 19.6 Å². The van der Waals surface area contributed by atoms with Crippen LogP contribution in [0.3, 0.4) is 0 Å². The van der Waals surface area contributed by atoms with E-state index in [4.69, 9.17) is 0 Å². The zero-order chi connectivity index (χ0) is 18.0. The fourth-order valence-electron chi connectivity index (χ4n) is 3.36. The molecule has 0 fully saturated rings. The lowest BCUT2D eigenvalue weighted by molar-refractivity contribution is -0.145. The maximum Gasteiger partial charge on any atom is 0.249 e. The molecule has 25 heavy (non-hydrogen) atoms. The van der Waals surface area contributed by atoms with Crippen molar-refractivity contribution in [2.75, 3.05) is 20.6 Å². The molecule has 1 aromatic carbocycles. The Morgan fingerprint density at radius 2 is 1.96 bits per heavy atom. The summed E-state index contributed by atoms with van der Waals surface area (Å²) >= 11 is 0. The van der Waals surface area contributed by atoms with Crippen LogP contribution in [0.25, 0.3) is 0 Å². The molecule has 1 unspecified atom stereocenters. The number of hydrogen-bond acceptors (Lipinski definition) is 3. The summed E-state index contributed by atoms with van der Waals surface area (Å²) in [6.45, 7) is 0.546. The number of carbonyl (C=O) groups excluding carboxylic acids is 2. The lowest BCUT2D eigenvalue weighted by Gasteiger charge is -2.36. The molecule has 6 heteroatoms. The standard InChI is InChI=1S/C19H24N4O2/c1-21(2)19(25)18-15-13-20-22(3)16(15)11-12-23(18)17(24)10-9-14-7-5-4-6-8-14/h4-8,13,18H,9-12H2,1-3H3. The molecular weight excluding hydrogens is 316 g/mol. The first-order chi connectivity index (χ1) is 12.0. The second kappa shape index (κ2) is 7.09. The minimum absolute atomic E-state index is 0.0126. The summed E-state index contributed by atoms with van der Waals surface area (Å²) in [7, 11) is 5.32. The van der Waals surface area contributed by atoms with E-state index in [0.717, 1.165) is 23.2 Å². The average molecular weight is 340 g/mol. The summed E-state index contributed by atoms with van der Waals surface area (Å²) in [5.74, 6) is -0.0689. The van der Waals surface area contributed by atoms with E-state index in [9.17, 15) is 9.59 Å². The Kier molecular flexibility index (Phi) is 4.88. The number of carbonyl (C=O) groups is 2. The van der Waals surface area contributed by atoms with E-state index in [1.54, 1.807) is 34.8 Å². The highest BCUT2D eigenvalue weighted by Gasteiger charge is 2.38. The van der Waals surface area contributed by atoms with Crippen molar-refractivity contribution >= 4 is 11.8 Å². The van der Waals surface area contributed by atoms with Gasteiger partial charge in [-0.1, -0.05) is 30.3 Å². The molecule has 1 aliphatic heterocycles. The van der Waals surface area contributed by atoms with Gasteiger partial charge in [-0.3, -0.25) is 14.3 Å². The molecule has 0 aliphatic carbocycles. The zero-order valence-corrected chi connectivity index (χ0v) is 15.0. The largest absolute Gasteiger partial charge is 0.347 e. The summed E-state index contributed by atoms with van der Waals surface area (Å²) in [6.07, 6.45) is 3.52. The predicted molar refractivity (Wildman–Crippen MR) is 94.8 cm³/mol. The third kappa shape index (κ3) is 3.43. The molecule has 0 saturated carbocycles. The van der Waals surface area contributed by atoms with Gasteiger partial charge in [-0.15, -0.1) is 0 Å². The molecule has 2 heterocycles. The Morgan fingerprint density at radius 1 is 1.24 bits per heavy atom. The molecule has 0 radical (unpaired) electrons. The van der Waals surface area contributed by atoms with Crippen LogP contribution in [0, 0.1) is 0 Å². The van der Waals surface area contributed by atoms with E-state index >= 15 is 0 Å². The maximum atomic E-state index is 12.9. The minimum atomic E-state index is -0.573. The van der Waals surface area contributed by atoms with Gasteiger partial charge in [0.15, 0.2) is 0 Å². The smallest absolute Gasteiger partial charge is 0.249 e. The first-order valence-electron chi connectivity index (χ1n) is 8.54. The van der Waals surface area contributed by atoms with Crippen LogP contribution >= 0.6 is 0 Å². The van der Waals surface area contributed by atoms with Gasteiger partial charge in [0.25, 0.3) is 0 Å². The van der Waals surface area contributed by atoms with Crippen LogP contribution in [-0.2, 0) is 29.5 Å². The molecular formula is C19H24N4O2. The van der Waals surface area contributed by atoms with E-state index < -0.39 is 6.04 Å². The fourth-order valence-corrected chi connectivity index (χ4v) is 3.36. The van der Waals surface area contributed by atoms with Crippen LogP contribution in [0.4, 0.5) is 0 Å². The second-order valence-electron chi connectivity index (χ2n) is 6.63.